The highest BCUT2D eigenvalue weighted by molar-refractivity contribution is 6.32. The highest BCUT2D eigenvalue weighted by Crippen LogP contribution is 2.36. The lowest BCUT2D eigenvalue weighted by Gasteiger charge is -2.12. The van der Waals surface area contributed by atoms with Gasteiger partial charge in [0.15, 0.2) is 0 Å². The Morgan fingerprint density at radius 1 is 1.10 bits per heavy atom. The van der Waals surface area contributed by atoms with Crippen molar-refractivity contribution in [2.24, 2.45) is 0 Å². The third-order valence-electron chi connectivity index (χ3n) is 2.57. The lowest BCUT2D eigenvalue weighted by molar-refractivity contribution is -0.137. The van der Waals surface area contributed by atoms with Crippen molar-refractivity contribution in [1.29, 1.82) is 0 Å². The number of benzene rings is 2. The van der Waals surface area contributed by atoms with Crippen molar-refractivity contribution >= 4 is 17.3 Å². The predicted molar refractivity (Wildman–Crippen MR) is 72.1 cm³/mol. The van der Waals surface area contributed by atoms with Crippen molar-refractivity contribution in [3.63, 3.8) is 0 Å². The van der Waals surface area contributed by atoms with Gasteiger partial charge in [-0.25, -0.2) is 0 Å². The molecule has 2 aromatic rings. The van der Waals surface area contributed by atoms with Gasteiger partial charge in [-0.1, -0.05) is 17.7 Å². The Kier molecular flexibility index (Phi) is 3.81. The maximum Gasteiger partial charge on any atom is 0.416 e. The van der Waals surface area contributed by atoms with E-state index >= 15 is 0 Å². The van der Waals surface area contributed by atoms with Gasteiger partial charge < -0.3 is 10.5 Å². The average molecular weight is 302 g/mol. The van der Waals surface area contributed by atoms with Crippen LogP contribution in [0, 0.1) is 6.92 Å². The van der Waals surface area contributed by atoms with Crippen molar-refractivity contribution < 1.29 is 17.9 Å². The fourth-order valence-electron chi connectivity index (χ4n) is 1.66. The number of hydrogen-bond donors (Lipinski definition) is 1. The number of nitrogen functional groups attached to an aromatic ring is 1. The van der Waals surface area contributed by atoms with Crippen LogP contribution in [0.3, 0.4) is 0 Å². The van der Waals surface area contributed by atoms with Gasteiger partial charge in [-0.3, -0.25) is 0 Å². The van der Waals surface area contributed by atoms with Crippen LogP contribution >= 0.6 is 11.6 Å². The van der Waals surface area contributed by atoms with Gasteiger partial charge in [0.25, 0.3) is 0 Å². The second-order valence-electron chi connectivity index (χ2n) is 4.32. The molecule has 2 N–H and O–H groups in total. The zero-order valence-corrected chi connectivity index (χ0v) is 11.2. The second-order valence-corrected chi connectivity index (χ2v) is 4.73. The monoisotopic (exact) mass is 301 g/mol. The number of hydrogen-bond acceptors (Lipinski definition) is 2. The van der Waals surface area contributed by atoms with Crippen molar-refractivity contribution in [2.75, 3.05) is 5.73 Å². The molecule has 0 aliphatic carbocycles. The zero-order chi connectivity index (χ0) is 14.9. The first-order chi connectivity index (χ1) is 9.25. The van der Waals surface area contributed by atoms with E-state index in [2.05, 4.69) is 0 Å². The molecular weight excluding hydrogens is 291 g/mol. The van der Waals surface area contributed by atoms with Gasteiger partial charge in [0, 0.05) is 11.8 Å². The summed E-state index contributed by atoms with van der Waals surface area (Å²) in [6, 6.07) is 8.07. The van der Waals surface area contributed by atoms with Crippen LogP contribution in [0.1, 0.15) is 11.1 Å². The summed E-state index contributed by atoms with van der Waals surface area (Å²) in [5.41, 5.74) is 5.45. The Hall–Kier alpha value is -1.88. The van der Waals surface area contributed by atoms with Gasteiger partial charge in [-0.15, -0.1) is 0 Å². The molecule has 0 unspecified atom stereocenters. The highest BCUT2D eigenvalue weighted by Gasteiger charge is 2.31. The lowest BCUT2D eigenvalue weighted by Crippen LogP contribution is -2.06. The van der Waals surface area contributed by atoms with E-state index in [1.54, 1.807) is 18.2 Å². The number of aryl methyl sites for hydroxylation is 1. The standard InChI is InChI=1S/C14H11ClF3NO/c1-8-2-3-12(15)13(4-8)20-11-6-9(14(16,17)18)5-10(19)7-11/h2-7H,19H2,1H3. The molecule has 0 radical (unpaired) electrons. The fraction of sp³-hybridized carbons (Fsp3) is 0.143. The fourth-order valence-corrected chi connectivity index (χ4v) is 1.82. The molecule has 0 bridgehead atoms. The van der Waals surface area contributed by atoms with Crippen molar-refractivity contribution in [2.45, 2.75) is 13.1 Å². The van der Waals surface area contributed by atoms with E-state index in [9.17, 15) is 13.2 Å². The summed E-state index contributed by atoms with van der Waals surface area (Å²) in [5, 5.41) is 0.312. The molecule has 0 aliphatic rings. The Balaban J connectivity index is 2.39. The molecule has 0 atom stereocenters. The van der Waals surface area contributed by atoms with Gasteiger partial charge in [0.2, 0.25) is 0 Å². The van der Waals surface area contributed by atoms with Gasteiger partial charge in [-0.05, 0) is 36.8 Å². The minimum absolute atomic E-state index is 0.00942. The maximum absolute atomic E-state index is 12.7. The summed E-state index contributed by atoms with van der Waals surface area (Å²) in [7, 11) is 0. The Morgan fingerprint density at radius 2 is 1.80 bits per heavy atom. The first-order valence-corrected chi connectivity index (χ1v) is 6.05. The largest absolute Gasteiger partial charge is 0.456 e. The van der Waals surface area contributed by atoms with Crippen LogP contribution in [0.5, 0.6) is 11.5 Å². The van der Waals surface area contributed by atoms with Gasteiger partial charge in [0.1, 0.15) is 11.5 Å². The molecule has 6 heteroatoms. The van der Waals surface area contributed by atoms with E-state index in [1.165, 1.54) is 6.07 Å². The van der Waals surface area contributed by atoms with Crippen molar-refractivity contribution in [1.82, 2.24) is 0 Å². The van der Waals surface area contributed by atoms with Crippen LogP contribution in [0.15, 0.2) is 36.4 Å². The molecular formula is C14H11ClF3NO. The third-order valence-corrected chi connectivity index (χ3v) is 2.88. The van der Waals surface area contributed by atoms with E-state index in [-0.39, 0.29) is 17.2 Å². The van der Waals surface area contributed by atoms with Crippen LogP contribution in [0.4, 0.5) is 18.9 Å². The summed E-state index contributed by atoms with van der Waals surface area (Å²) in [5.74, 6) is 0.273. The third kappa shape index (κ3) is 3.36. The molecule has 106 valence electrons. The van der Waals surface area contributed by atoms with Crippen molar-refractivity contribution in [3.05, 3.63) is 52.5 Å². The minimum atomic E-state index is -4.48. The van der Waals surface area contributed by atoms with Crippen LogP contribution in [0.25, 0.3) is 0 Å². The first kappa shape index (κ1) is 14.5. The Bertz CT molecular complexity index is 641. The minimum Gasteiger partial charge on any atom is -0.456 e. The van der Waals surface area contributed by atoms with Gasteiger partial charge in [-0.2, -0.15) is 13.2 Å². The van der Waals surface area contributed by atoms with Gasteiger partial charge in [0.05, 0.1) is 10.6 Å². The molecule has 0 aromatic heterocycles. The molecule has 0 aliphatic heterocycles. The van der Waals surface area contributed by atoms with E-state index < -0.39 is 11.7 Å². The van der Waals surface area contributed by atoms with E-state index in [0.717, 1.165) is 17.7 Å². The average Bonchev–Trinajstić information content (AvgIpc) is 2.32. The molecule has 0 saturated carbocycles. The second kappa shape index (κ2) is 5.25. The van der Waals surface area contributed by atoms with Gasteiger partial charge >= 0.3 is 6.18 Å². The number of ether oxygens (including phenoxy) is 1. The maximum atomic E-state index is 12.7. The summed E-state index contributed by atoms with van der Waals surface area (Å²) < 4.78 is 43.5. The molecule has 2 rings (SSSR count). The number of alkyl halides is 3. The molecule has 2 nitrogen and oxygen atoms in total. The summed E-state index contributed by atoms with van der Waals surface area (Å²) in [6.45, 7) is 1.82. The molecule has 0 amide bonds. The number of halogens is 4. The molecule has 2 aromatic carbocycles. The molecule has 0 saturated heterocycles. The van der Waals surface area contributed by atoms with E-state index in [4.69, 9.17) is 22.1 Å². The lowest BCUT2D eigenvalue weighted by atomic mass is 10.2. The molecule has 0 spiro atoms. The van der Waals surface area contributed by atoms with E-state index in [0.29, 0.717) is 5.02 Å². The Labute approximate surface area is 118 Å². The van der Waals surface area contributed by atoms with Crippen LogP contribution in [-0.4, -0.2) is 0 Å². The Morgan fingerprint density at radius 3 is 2.45 bits per heavy atom. The quantitative estimate of drug-likeness (QED) is 0.789. The predicted octanol–water partition coefficient (Wildman–Crippen LogP) is 5.04. The summed E-state index contributed by atoms with van der Waals surface area (Å²) >= 11 is 5.94. The smallest absolute Gasteiger partial charge is 0.416 e. The number of nitrogens with two attached hydrogens (primary N) is 1. The molecule has 0 heterocycles. The molecule has 0 fully saturated rings. The normalized spacial score (nSPS) is 11.4. The zero-order valence-electron chi connectivity index (χ0n) is 10.5. The van der Waals surface area contributed by atoms with Crippen LogP contribution < -0.4 is 10.5 Å². The molecule has 20 heavy (non-hydrogen) atoms. The van der Waals surface area contributed by atoms with E-state index in [1.807, 2.05) is 6.92 Å². The summed E-state index contributed by atoms with van der Waals surface area (Å²) in [4.78, 5) is 0. The summed E-state index contributed by atoms with van der Waals surface area (Å²) in [6.07, 6.45) is -4.48. The first-order valence-electron chi connectivity index (χ1n) is 5.67. The topological polar surface area (TPSA) is 35.2 Å². The number of rotatable bonds is 2. The van der Waals surface area contributed by atoms with Crippen molar-refractivity contribution in [3.8, 4) is 11.5 Å². The number of anilines is 1. The van der Waals surface area contributed by atoms with Crippen LogP contribution in [-0.2, 0) is 6.18 Å². The van der Waals surface area contributed by atoms with Crippen LogP contribution in [0.2, 0.25) is 5.02 Å². The highest BCUT2D eigenvalue weighted by atomic mass is 35.5. The SMILES string of the molecule is Cc1ccc(Cl)c(Oc2cc(N)cc(C(F)(F)F)c2)c1.